The lowest BCUT2D eigenvalue weighted by atomic mass is 9.76. The molecule has 1 atom stereocenters. The summed E-state index contributed by atoms with van der Waals surface area (Å²) in [5.74, 6) is -0.778. The van der Waals surface area contributed by atoms with Gasteiger partial charge in [0.1, 0.15) is 0 Å². The standard InChI is InChI=1S/C28H38N4O5/c1-5-22-24-23(14-28(17-29-26(24)34)9-11-36-12-10-28)32(31-22)15-19(4)16-37-27(35)21-8-6-7-20(13-21)25(33)30-18(2)3/h6-8,13,18-19H,5,9-12,14-17H2,1-4H3,(H,29,34)(H,30,33). The Labute approximate surface area is 218 Å². The molecule has 1 unspecified atom stereocenters. The molecule has 1 aromatic heterocycles. The highest BCUT2D eigenvalue weighted by Gasteiger charge is 2.39. The summed E-state index contributed by atoms with van der Waals surface area (Å²) in [7, 11) is 0. The average molecular weight is 511 g/mol. The van der Waals surface area contributed by atoms with Gasteiger partial charge in [0.15, 0.2) is 0 Å². The number of hydrogen-bond donors (Lipinski definition) is 2. The molecule has 1 saturated heterocycles. The zero-order chi connectivity index (χ0) is 26.6. The minimum atomic E-state index is -0.472. The fourth-order valence-electron chi connectivity index (χ4n) is 5.11. The molecule has 4 rings (SSSR count). The number of nitrogens with zero attached hydrogens (tertiary/aromatic N) is 2. The van der Waals surface area contributed by atoms with E-state index >= 15 is 0 Å². The van der Waals surface area contributed by atoms with Gasteiger partial charge in [-0.25, -0.2) is 4.79 Å². The first-order valence-electron chi connectivity index (χ1n) is 13.2. The molecule has 9 nitrogen and oxygen atoms in total. The Morgan fingerprint density at radius 3 is 2.65 bits per heavy atom. The highest BCUT2D eigenvalue weighted by Crippen LogP contribution is 2.37. The molecule has 2 aromatic rings. The van der Waals surface area contributed by atoms with E-state index in [4.69, 9.17) is 14.6 Å². The van der Waals surface area contributed by atoms with Gasteiger partial charge in [-0.15, -0.1) is 0 Å². The van der Waals surface area contributed by atoms with Crippen LogP contribution in [-0.2, 0) is 28.9 Å². The lowest BCUT2D eigenvalue weighted by Crippen LogP contribution is -2.41. The Hall–Kier alpha value is -3.20. The third-order valence-electron chi connectivity index (χ3n) is 7.18. The Morgan fingerprint density at radius 2 is 1.95 bits per heavy atom. The Balaban J connectivity index is 1.45. The van der Waals surface area contributed by atoms with E-state index in [-0.39, 0.29) is 35.8 Å². The average Bonchev–Trinajstić information content (AvgIpc) is 3.15. The van der Waals surface area contributed by atoms with Gasteiger partial charge in [-0.1, -0.05) is 19.9 Å². The number of carbonyl (C=O) groups excluding carboxylic acids is 3. The van der Waals surface area contributed by atoms with Gasteiger partial charge in [0, 0.05) is 43.8 Å². The van der Waals surface area contributed by atoms with Crippen LogP contribution in [0.15, 0.2) is 24.3 Å². The number of nitrogens with one attached hydrogen (secondary N) is 2. The molecule has 0 bridgehead atoms. The smallest absolute Gasteiger partial charge is 0.338 e. The second-order valence-corrected chi connectivity index (χ2v) is 10.7. The van der Waals surface area contributed by atoms with Crippen molar-refractivity contribution >= 4 is 17.8 Å². The van der Waals surface area contributed by atoms with Crippen molar-refractivity contribution in [3.63, 3.8) is 0 Å². The summed E-state index contributed by atoms with van der Waals surface area (Å²) < 4.78 is 13.1. The van der Waals surface area contributed by atoms with Crippen molar-refractivity contribution in [3.8, 4) is 0 Å². The fourth-order valence-corrected chi connectivity index (χ4v) is 5.11. The summed E-state index contributed by atoms with van der Waals surface area (Å²) >= 11 is 0. The number of ether oxygens (including phenoxy) is 2. The number of esters is 1. The number of amides is 2. The largest absolute Gasteiger partial charge is 0.462 e. The molecule has 37 heavy (non-hydrogen) atoms. The lowest BCUT2D eigenvalue weighted by molar-refractivity contribution is 0.0151. The minimum Gasteiger partial charge on any atom is -0.462 e. The number of rotatable bonds is 8. The van der Waals surface area contributed by atoms with Gasteiger partial charge >= 0.3 is 5.97 Å². The summed E-state index contributed by atoms with van der Waals surface area (Å²) in [5.41, 5.74) is 3.20. The van der Waals surface area contributed by atoms with Crippen molar-refractivity contribution in [2.75, 3.05) is 26.4 Å². The number of aryl methyl sites for hydroxylation is 1. The SMILES string of the molecule is CCc1nn(CC(C)COC(=O)c2cccc(C(=O)NC(C)C)c2)c2c1C(=O)NCC1(CCOCC1)C2. The Kier molecular flexibility index (Phi) is 8.32. The van der Waals surface area contributed by atoms with Gasteiger partial charge in [0.25, 0.3) is 11.8 Å². The number of carbonyl (C=O) groups is 3. The Morgan fingerprint density at radius 1 is 1.22 bits per heavy atom. The monoisotopic (exact) mass is 510 g/mol. The molecule has 9 heteroatoms. The first-order valence-corrected chi connectivity index (χ1v) is 13.2. The molecule has 200 valence electrons. The fraction of sp³-hybridized carbons (Fsp3) is 0.571. The molecular weight excluding hydrogens is 472 g/mol. The molecule has 1 spiro atoms. The first-order chi connectivity index (χ1) is 17.7. The summed E-state index contributed by atoms with van der Waals surface area (Å²) in [4.78, 5) is 38.0. The van der Waals surface area contributed by atoms with Gasteiger partial charge in [-0.3, -0.25) is 14.3 Å². The molecule has 0 aliphatic carbocycles. The zero-order valence-corrected chi connectivity index (χ0v) is 22.3. The number of fused-ring (bicyclic) bond motifs is 1. The predicted octanol–water partition coefficient (Wildman–Crippen LogP) is 3.16. The van der Waals surface area contributed by atoms with Crippen molar-refractivity contribution in [3.05, 3.63) is 52.3 Å². The lowest BCUT2D eigenvalue weighted by Gasteiger charge is -2.36. The topological polar surface area (TPSA) is 112 Å². The van der Waals surface area contributed by atoms with E-state index in [1.54, 1.807) is 24.3 Å². The van der Waals surface area contributed by atoms with Crippen LogP contribution in [-0.4, -0.2) is 60.0 Å². The molecule has 2 aliphatic heterocycles. The van der Waals surface area contributed by atoms with Crippen LogP contribution < -0.4 is 10.6 Å². The molecular formula is C28H38N4O5. The van der Waals surface area contributed by atoms with Crippen LogP contribution in [0.5, 0.6) is 0 Å². The highest BCUT2D eigenvalue weighted by atomic mass is 16.5. The zero-order valence-electron chi connectivity index (χ0n) is 22.3. The summed E-state index contributed by atoms with van der Waals surface area (Å²) in [6.45, 7) is 10.6. The maximum Gasteiger partial charge on any atom is 0.338 e. The molecule has 2 aliphatic rings. The molecule has 0 radical (unpaired) electrons. The number of benzene rings is 1. The molecule has 0 saturated carbocycles. The van der Waals surface area contributed by atoms with Crippen molar-refractivity contribution in [2.45, 2.75) is 66.0 Å². The van der Waals surface area contributed by atoms with Gasteiger partial charge in [0.05, 0.1) is 29.1 Å². The summed E-state index contributed by atoms with van der Waals surface area (Å²) in [6, 6.07) is 6.55. The van der Waals surface area contributed by atoms with E-state index in [0.29, 0.717) is 49.4 Å². The third kappa shape index (κ3) is 6.21. The number of hydrogen-bond acceptors (Lipinski definition) is 6. The van der Waals surface area contributed by atoms with Crippen molar-refractivity contribution in [1.29, 1.82) is 0 Å². The van der Waals surface area contributed by atoms with Gasteiger partial charge in [-0.05, 0) is 63.1 Å². The number of aromatic nitrogens is 2. The second kappa shape index (κ2) is 11.5. The summed E-state index contributed by atoms with van der Waals surface area (Å²) in [6.07, 6.45) is 3.25. The minimum absolute atomic E-state index is 0.00178. The van der Waals surface area contributed by atoms with Crippen LogP contribution in [0, 0.1) is 11.3 Å². The van der Waals surface area contributed by atoms with E-state index in [1.165, 1.54) is 0 Å². The van der Waals surface area contributed by atoms with E-state index < -0.39 is 5.97 Å². The molecule has 1 aromatic carbocycles. The van der Waals surface area contributed by atoms with Gasteiger partial charge < -0.3 is 20.1 Å². The van der Waals surface area contributed by atoms with Gasteiger partial charge in [-0.2, -0.15) is 5.10 Å². The van der Waals surface area contributed by atoms with E-state index in [2.05, 4.69) is 10.6 Å². The molecule has 1 fully saturated rings. The predicted molar refractivity (Wildman–Crippen MR) is 139 cm³/mol. The van der Waals surface area contributed by atoms with Crippen LogP contribution >= 0.6 is 0 Å². The van der Waals surface area contributed by atoms with Crippen molar-refractivity contribution in [2.24, 2.45) is 11.3 Å². The second-order valence-electron chi connectivity index (χ2n) is 10.7. The molecule has 3 heterocycles. The van der Waals surface area contributed by atoms with E-state index in [1.807, 2.05) is 32.4 Å². The first kappa shape index (κ1) is 26.9. The Bertz CT molecular complexity index is 1150. The van der Waals surface area contributed by atoms with Crippen LogP contribution in [0.3, 0.4) is 0 Å². The van der Waals surface area contributed by atoms with Gasteiger partial charge in [0.2, 0.25) is 0 Å². The van der Waals surface area contributed by atoms with Crippen LogP contribution in [0.4, 0.5) is 0 Å². The van der Waals surface area contributed by atoms with Crippen LogP contribution in [0.2, 0.25) is 0 Å². The van der Waals surface area contributed by atoms with E-state index in [9.17, 15) is 14.4 Å². The van der Waals surface area contributed by atoms with Crippen LogP contribution in [0.1, 0.15) is 83.0 Å². The maximum absolute atomic E-state index is 13.0. The van der Waals surface area contributed by atoms with E-state index in [0.717, 1.165) is 30.7 Å². The quantitative estimate of drug-likeness (QED) is 0.528. The normalized spacial score (nSPS) is 17.6. The van der Waals surface area contributed by atoms with Crippen LogP contribution in [0.25, 0.3) is 0 Å². The highest BCUT2D eigenvalue weighted by molar-refractivity contribution is 5.98. The summed E-state index contributed by atoms with van der Waals surface area (Å²) in [5, 5.41) is 10.8. The van der Waals surface area contributed by atoms with Crippen molar-refractivity contribution < 1.29 is 23.9 Å². The third-order valence-corrected chi connectivity index (χ3v) is 7.18. The molecule has 2 N–H and O–H groups in total. The maximum atomic E-state index is 13.0. The molecule has 2 amide bonds. The van der Waals surface area contributed by atoms with Crippen molar-refractivity contribution in [1.82, 2.24) is 20.4 Å².